The van der Waals surface area contributed by atoms with Gasteiger partial charge in [0, 0.05) is 11.1 Å². The third kappa shape index (κ3) is 10.8. The normalized spacial score (nSPS) is 20.4. The van der Waals surface area contributed by atoms with Gasteiger partial charge in [-0.1, -0.05) is 118 Å². The fraction of sp³-hybridized carbons (Fsp3) is 0.273. The van der Waals surface area contributed by atoms with E-state index in [1.807, 2.05) is 101 Å². The first-order chi connectivity index (χ1) is 26.6. The Morgan fingerprint density at radius 2 is 1.00 bits per heavy atom. The third-order valence-corrected chi connectivity index (χ3v) is 10.7. The molecule has 0 radical (unpaired) electrons. The Bertz CT molecular complexity index is 2020. The van der Waals surface area contributed by atoms with Crippen LogP contribution in [-0.4, -0.2) is 11.9 Å². The summed E-state index contributed by atoms with van der Waals surface area (Å²) >= 11 is 18.1. The molecule has 56 heavy (non-hydrogen) atoms. The summed E-state index contributed by atoms with van der Waals surface area (Å²) in [5.74, 6) is 0.972. The van der Waals surface area contributed by atoms with Crippen LogP contribution in [0.3, 0.4) is 0 Å². The van der Waals surface area contributed by atoms with E-state index in [4.69, 9.17) is 42.1 Å². The van der Waals surface area contributed by atoms with E-state index >= 15 is 0 Å². The molecule has 8 nitrogen and oxygen atoms in total. The maximum atomic E-state index is 12.7. The minimum atomic E-state index is -1.03. The highest BCUT2D eigenvalue weighted by Crippen LogP contribution is 2.61. The molecule has 0 amide bonds. The van der Waals surface area contributed by atoms with Crippen molar-refractivity contribution in [1.29, 1.82) is 10.5 Å². The number of para-hydroxylation sites is 2. The maximum absolute atomic E-state index is 12.7. The molecule has 0 aromatic heterocycles. The molecular weight excluding hydrogens is 883 g/mol. The number of allylic oxidation sites excluding steroid dienone is 2. The first-order valence-corrected chi connectivity index (χ1v) is 19.9. The van der Waals surface area contributed by atoms with Gasteiger partial charge >= 0.3 is 11.9 Å². The highest BCUT2D eigenvalue weighted by molar-refractivity contribution is 9.28. The highest BCUT2D eigenvalue weighted by atomic mass is 79.9. The van der Waals surface area contributed by atoms with Gasteiger partial charge in [0.1, 0.15) is 39.6 Å². The Labute approximate surface area is 353 Å². The molecular formula is C44H38Br2Cl2N2O6. The number of benzene rings is 4. The van der Waals surface area contributed by atoms with Crippen LogP contribution in [0.5, 0.6) is 23.0 Å². The molecule has 0 bridgehead atoms. The Morgan fingerprint density at radius 1 is 0.625 bits per heavy atom. The van der Waals surface area contributed by atoms with Crippen LogP contribution in [-0.2, 0) is 19.1 Å². The van der Waals surface area contributed by atoms with Gasteiger partial charge in [0.05, 0.1) is 15.2 Å². The number of rotatable bonds is 12. The van der Waals surface area contributed by atoms with Crippen molar-refractivity contribution in [3.8, 4) is 35.1 Å². The smallest absolute Gasteiger partial charge is 0.311 e. The maximum Gasteiger partial charge on any atom is 0.311 e. The van der Waals surface area contributed by atoms with Crippen LogP contribution in [0, 0.1) is 57.2 Å². The van der Waals surface area contributed by atoms with Crippen LogP contribution in [0.25, 0.3) is 0 Å². The van der Waals surface area contributed by atoms with Crippen molar-refractivity contribution >= 4 is 67.0 Å². The summed E-state index contributed by atoms with van der Waals surface area (Å²) in [4.78, 5) is 25.3. The molecule has 2 aliphatic rings. The number of carbonyl (C=O) groups excluding carboxylic acids is 2. The number of esters is 2. The van der Waals surface area contributed by atoms with Crippen molar-refractivity contribution in [2.24, 2.45) is 34.5 Å². The van der Waals surface area contributed by atoms with E-state index < -0.39 is 18.2 Å². The summed E-state index contributed by atoms with van der Waals surface area (Å²) in [6, 6.07) is 36.8. The molecule has 2 aliphatic carbocycles. The van der Waals surface area contributed by atoms with Gasteiger partial charge in [0.25, 0.3) is 0 Å². The lowest BCUT2D eigenvalue weighted by Gasteiger charge is -2.13. The van der Waals surface area contributed by atoms with Crippen LogP contribution < -0.4 is 9.47 Å². The second-order valence-electron chi connectivity index (χ2n) is 14.4. The van der Waals surface area contributed by atoms with E-state index in [0.29, 0.717) is 34.1 Å². The molecule has 2 fully saturated rings. The quantitative estimate of drug-likeness (QED) is 0.129. The molecule has 4 aromatic carbocycles. The van der Waals surface area contributed by atoms with Gasteiger partial charge in [-0.15, -0.1) is 0 Å². The molecule has 4 aromatic rings. The van der Waals surface area contributed by atoms with Crippen molar-refractivity contribution in [3.63, 3.8) is 0 Å². The Kier molecular flexibility index (Phi) is 14.1. The summed E-state index contributed by atoms with van der Waals surface area (Å²) in [6.45, 7) is 7.90. The standard InChI is InChI=1S/C22H19Br2NO3.C22H19Cl2NO3/c2*1-22(2)17(12-19(23)24)20(22)21(26)28-18(13-25)14-7-6-10-16(11-14)27-15-8-4-3-5-9-15/h2*3-12,17-18,20H,1-2H3/t17-,18+,20-;17?,18-,20?/m01/s1. The van der Waals surface area contributed by atoms with E-state index in [2.05, 4.69) is 37.9 Å². The molecule has 12 heteroatoms. The fourth-order valence-electron chi connectivity index (χ4n) is 6.60. The molecule has 0 aliphatic heterocycles. The number of nitriles is 2. The van der Waals surface area contributed by atoms with Crippen molar-refractivity contribution in [1.82, 2.24) is 0 Å². The fourth-order valence-corrected chi connectivity index (χ4v) is 7.44. The zero-order chi connectivity index (χ0) is 40.6. The minimum Gasteiger partial charge on any atom is -0.457 e. The predicted octanol–water partition coefficient (Wildman–Crippen LogP) is 12.7. The van der Waals surface area contributed by atoms with Crippen LogP contribution in [0.2, 0.25) is 0 Å². The Hall–Kier alpha value is -4.58. The number of hydrogen-bond acceptors (Lipinski definition) is 8. The summed E-state index contributed by atoms with van der Waals surface area (Å²) in [6.07, 6.45) is 1.58. The van der Waals surface area contributed by atoms with Crippen molar-refractivity contribution < 1.29 is 28.5 Å². The second kappa shape index (κ2) is 18.6. The van der Waals surface area contributed by atoms with Crippen LogP contribution in [0.4, 0.5) is 0 Å². The SMILES string of the molecule is CC1(C)C(C=C(Cl)Cl)C1C(=O)O[C@H](C#N)c1cccc(Oc2ccccc2)c1.CC1(C)[C@H](C(=O)O[C@H](C#N)c2cccc(Oc3ccccc3)c2)[C@@H]1C=C(Br)Br. The van der Waals surface area contributed by atoms with Crippen molar-refractivity contribution in [2.45, 2.75) is 39.9 Å². The topological polar surface area (TPSA) is 119 Å². The van der Waals surface area contributed by atoms with Gasteiger partial charge in [-0.2, -0.15) is 10.5 Å². The Balaban J connectivity index is 0.000000214. The number of hydrogen-bond donors (Lipinski definition) is 0. The van der Waals surface area contributed by atoms with Crippen molar-refractivity contribution in [3.05, 3.63) is 140 Å². The first kappa shape index (κ1) is 42.6. The zero-order valence-electron chi connectivity index (χ0n) is 30.9. The summed E-state index contributed by atoms with van der Waals surface area (Å²) in [5, 5.41) is 19.1. The average Bonchev–Trinajstić information content (AvgIpc) is 3.93. The monoisotopic (exact) mass is 918 g/mol. The molecule has 0 spiro atoms. The second-order valence-corrected chi connectivity index (χ2v) is 18.2. The third-order valence-electron chi connectivity index (χ3n) is 9.92. The lowest BCUT2D eigenvalue weighted by atomic mass is 10.1. The zero-order valence-corrected chi connectivity index (χ0v) is 35.6. The molecule has 6 rings (SSSR count). The highest BCUT2D eigenvalue weighted by Gasteiger charge is 2.62. The molecule has 2 unspecified atom stereocenters. The lowest BCUT2D eigenvalue weighted by molar-refractivity contribution is -0.150. The largest absolute Gasteiger partial charge is 0.457 e. The van der Waals surface area contributed by atoms with E-state index in [1.54, 1.807) is 54.6 Å². The molecule has 288 valence electrons. The van der Waals surface area contributed by atoms with E-state index in [1.165, 1.54) is 0 Å². The van der Waals surface area contributed by atoms with E-state index in [0.717, 1.165) is 3.39 Å². The van der Waals surface area contributed by atoms with Gasteiger partial charge in [-0.05, 0) is 109 Å². The number of halogens is 4. The average molecular weight is 922 g/mol. The molecule has 2 saturated carbocycles. The molecule has 0 saturated heterocycles. The summed E-state index contributed by atoms with van der Waals surface area (Å²) in [7, 11) is 0. The van der Waals surface area contributed by atoms with Crippen molar-refractivity contribution in [2.75, 3.05) is 0 Å². The van der Waals surface area contributed by atoms with E-state index in [-0.39, 0.29) is 45.0 Å². The van der Waals surface area contributed by atoms with Crippen LogP contribution in [0.15, 0.2) is 129 Å². The number of carbonyl (C=O) groups is 2. The molecule has 0 heterocycles. The van der Waals surface area contributed by atoms with Gasteiger partial charge in [0.2, 0.25) is 12.2 Å². The van der Waals surface area contributed by atoms with Crippen LogP contribution >= 0.6 is 55.1 Å². The molecule has 0 N–H and O–H groups in total. The molecule has 6 atom stereocenters. The van der Waals surface area contributed by atoms with E-state index in [9.17, 15) is 20.1 Å². The van der Waals surface area contributed by atoms with Gasteiger partial charge in [0.15, 0.2) is 0 Å². The summed E-state index contributed by atoms with van der Waals surface area (Å²) < 4.78 is 23.6. The minimum absolute atomic E-state index is 0.0563. The number of nitrogens with zero attached hydrogens (tertiary/aromatic N) is 2. The predicted molar refractivity (Wildman–Crippen MR) is 222 cm³/mol. The van der Waals surface area contributed by atoms with Gasteiger partial charge < -0.3 is 18.9 Å². The Morgan fingerprint density at radius 3 is 1.36 bits per heavy atom. The lowest BCUT2D eigenvalue weighted by Crippen LogP contribution is -2.14. The summed E-state index contributed by atoms with van der Waals surface area (Å²) in [5.41, 5.74) is 0.605. The number of ether oxygens (including phenoxy) is 4. The van der Waals surface area contributed by atoms with Gasteiger partial charge in [-0.25, -0.2) is 0 Å². The van der Waals surface area contributed by atoms with Gasteiger partial charge in [-0.3, -0.25) is 9.59 Å². The van der Waals surface area contributed by atoms with Crippen LogP contribution in [0.1, 0.15) is 51.0 Å². The first-order valence-electron chi connectivity index (χ1n) is 17.6.